The third kappa shape index (κ3) is 5.39. The zero-order valence-electron chi connectivity index (χ0n) is 6.63. The highest BCUT2D eigenvalue weighted by atomic mass is 32.2. The third-order valence-electron chi connectivity index (χ3n) is 0.946. The molecule has 0 rings (SSSR count). The van der Waals surface area contributed by atoms with Crippen molar-refractivity contribution in [3.63, 3.8) is 0 Å². The summed E-state index contributed by atoms with van der Waals surface area (Å²) >= 11 is -2.69. The van der Waals surface area contributed by atoms with Crippen LogP contribution in [0.3, 0.4) is 0 Å². The maximum absolute atomic E-state index is 10.0. The smallest absolute Gasteiger partial charge is 0.197 e. The van der Waals surface area contributed by atoms with Crippen LogP contribution in [0, 0.1) is 0 Å². The number of hydrogen-bond donors (Lipinski definition) is 1. The van der Waals surface area contributed by atoms with Crippen molar-refractivity contribution in [2.45, 2.75) is 19.3 Å². The molecule has 0 radical (unpaired) electrons. The molecule has 3 atom stereocenters. The van der Waals surface area contributed by atoms with E-state index in [1.807, 2.05) is 0 Å². The van der Waals surface area contributed by atoms with Gasteiger partial charge in [0.15, 0.2) is 6.29 Å². The molecule has 1 N–H and O–H groups in total. The maximum Gasteiger partial charge on any atom is 0.197 e. The lowest BCUT2D eigenvalue weighted by Gasteiger charge is -2.20. The van der Waals surface area contributed by atoms with Gasteiger partial charge in [-0.15, -0.1) is 6.58 Å². The van der Waals surface area contributed by atoms with Crippen molar-refractivity contribution in [2.24, 2.45) is 0 Å². The highest BCUT2D eigenvalue weighted by molar-refractivity contribution is 7.74. The molecule has 0 amide bonds. The average Bonchev–Trinajstić information content (AvgIpc) is 1.96. The number of rotatable bonds is 6. The second-order valence-electron chi connectivity index (χ2n) is 2.03. The van der Waals surface area contributed by atoms with Crippen molar-refractivity contribution in [3.05, 3.63) is 12.7 Å². The van der Waals surface area contributed by atoms with E-state index < -0.39 is 23.8 Å². The van der Waals surface area contributed by atoms with Crippen molar-refractivity contribution in [2.75, 3.05) is 6.61 Å². The zero-order valence-corrected chi connectivity index (χ0v) is 7.45. The molecule has 72 valence electrons. The molecule has 0 saturated heterocycles. The Hall–Kier alpha value is -0.270. The summed E-state index contributed by atoms with van der Waals surface area (Å²) in [7, 11) is 0. The summed E-state index contributed by atoms with van der Waals surface area (Å²) in [5.74, 6) is 0. The van der Waals surface area contributed by atoms with Crippen molar-refractivity contribution in [1.82, 2.24) is 0 Å². The fraction of sp³-hybridized carbons (Fsp3) is 0.667. The van der Waals surface area contributed by atoms with Gasteiger partial charge in [-0.1, -0.05) is 6.08 Å². The fourth-order valence-corrected chi connectivity index (χ4v) is 0.859. The highest BCUT2D eigenvalue weighted by Crippen LogP contribution is 2.02. The Morgan fingerprint density at radius 2 is 2.42 bits per heavy atom. The maximum atomic E-state index is 10.0. The molecule has 0 aromatic carbocycles. The predicted molar refractivity (Wildman–Crippen MR) is 41.6 cm³/mol. The second-order valence-corrected chi connectivity index (χ2v) is 2.63. The van der Waals surface area contributed by atoms with Gasteiger partial charge >= 0.3 is 0 Å². The summed E-state index contributed by atoms with van der Waals surface area (Å²) in [5, 5.41) is 8.93. The first-order valence-corrected chi connectivity index (χ1v) is 4.25. The minimum absolute atomic E-state index is 0.118. The largest absolute Gasteiger partial charge is 0.750 e. The van der Waals surface area contributed by atoms with Gasteiger partial charge in [0.25, 0.3) is 0 Å². The summed E-state index contributed by atoms with van der Waals surface area (Å²) in [5.41, 5.74) is 0. The summed E-state index contributed by atoms with van der Waals surface area (Å²) in [6.07, 6.45) is -0.754. The average molecular weight is 195 g/mol. The van der Waals surface area contributed by atoms with Crippen LogP contribution in [0.2, 0.25) is 0 Å². The third-order valence-corrected chi connectivity index (χ3v) is 1.29. The van der Waals surface area contributed by atoms with Gasteiger partial charge in [0.05, 0.1) is 18.0 Å². The molecule has 0 aromatic rings. The van der Waals surface area contributed by atoms with Gasteiger partial charge in [-0.05, 0) is 6.92 Å². The highest BCUT2D eigenvalue weighted by Gasteiger charge is 2.15. The number of ether oxygens (including phenoxy) is 1. The van der Waals surface area contributed by atoms with Crippen LogP contribution in [0.4, 0.5) is 0 Å². The van der Waals surface area contributed by atoms with E-state index in [0.29, 0.717) is 0 Å². The number of aliphatic hydroxyl groups is 1. The van der Waals surface area contributed by atoms with Crippen LogP contribution < -0.4 is 0 Å². The quantitative estimate of drug-likeness (QED) is 0.358. The lowest BCUT2D eigenvalue weighted by atomic mass is 10.4. The predicted octanol–water partition coefficient (Wildman–Crippen LogP) is -0.293. The van der Waals surface area contributed by atoms with E-state index in [9.17, 15) is 8.76 Å². The lowest BCUT2D eigenvalue weighted by Crippen LogP contribution is -2.30. The van der Waals surface area contributed by atoms with E-state index in [1.54, 1.807) is 0 Å². The Labute approximate surface area is 73.5 Å². The first kappa shape index (κ1) is 11.7. The standard InChI is InChI=1S/C6H12O5S/c1-3-4-10-6(5(2)7)11-12(8)9/h3,5-7H,1,4H2,2H3,(H,8,9)/p-1. The SMILES string of the molecule is C=CCOC(OS(=O)[O-])C(C)O. The summed E-state index contributed by atoms with van der Waals surface area (Å²) in [4.78, 5) is 0. The van der Waals surface area contributed by atoms with Gasteiger partial charge in [-0.2, -0.15) is 0 Å². The molecule has 12 heavy (non-hydrogen) atoms. The van der Waals surface area contributed by atoms with Gasteiger partial charge in [-0.25, -0.2) is 4.21 Å². The second kappa shape index (κ2) is 6.27. The van der Waals surface area contributed by atoms with Gasteiger partial charge in [-0.3, -0.25) is 4.18 Å². The molecule has 0 aliphatic carbocycles. The first-order chi connectivity index (χ1) is 5.57. The number of hydrogen-bond acceptors (Lipinski definition) is 5. The van der Waals surface area contributed by atoms with Gasteiger partial charge in [0.1, 0.15) is 6.10 Å². The molecule has 0 fully saturated rings. The monoisotopic (exact) mass is 195 g/mol. The molecule has 0 bridgehead atoms. The van der Waals surface area contributed by atoms with Crippen LogP contribution >= 0.6 is 0 Å². The van der Waals surface area contributed by atoms with Crippen molar-refractivity contribution >= 4 is 11.4 Å². The molecular formula is C6H11O5S-. The van der Waals surface area contributed by atoms with E-state index in [2.05, 4.69) is 10.8 Å². The van der Waals surface area contributed by atoms with Crippen molar-refractivity contribution in [3.8, 4) is 0 Å². The first-order valence-electron chi connectivity index (χ1n) is 3.25. The van der Waals surface area contributed by atoms with Crippen LogP contribution in [0.1, 0.15) is 6.92 Å². The zero-order chi connectivity index (χ0) is 9.56. The normalized spacial score (nSPS) is 18.2. The van der Waals surface area contributed by atoms with E-state index in [-0.39, 0.29) is 6.61 Å². The van der Waals surface area contributed by atoms with E-state index in [4.69, 9.17) is 9.84 Å². The van der Waals surface area contributed by atoms with Gasteiger partial charge in [0.2, 0.25) is 0 Å². The molecule has 0 aromatic heterocycles. The van der Waals surface area contributed by atoms with E-state index in [1.165, 1.54) is 13.0 Å². The Kier molecular flexibility index (Phi) is 6.13. The van der Waals surface area contributed by atoms with Crippen molar-refractivity contribution < 1.29 is 22.8 Å². The molecule has 0 aliphatic rings. The molecule has 6 heteroatoms. The summed E-state index contributed by atoms with van der Waals surface area (Å²) in [6.45, 7) is 4.83. The Morgan fingerprint density at radius 3 is 2.75 bits per heavy atom. The molecular weight excluding hydrogens is 184 g/mol. The molecule has 5 nitrogen and oxygen atoms in total. The van der Waals surface area contributed by atoms with E-state index in [0.717, 1.165) is 0 Å². The van der Waals surface area contributed by atoms with Crippen LogP contribution in [-0.4, -0.2) is 32.9 Å². The Morgan fingerprint density at radius 1 is 1.83 bits per heavy atom. The van der Waals surface area contributed by atoms with Crippen LogP contribution in [0.5, 0.6) is 0 Å². The topological polar surface area (TPSA) is 78.8 Å². The van der Waals surface area contributed by atoms with Crippen LogP contribution in [0.15, 0.2) is 12.7 Å². The minimum Gasteiger partial charge on any atom is -0.750 e. The van der Waals surface area contributed by atoms with Crippen LogP contribution in [0.25, 0.3) is 0 Å². The fourth-order valence-electron chi connectivity index (χ4n) is 0.488. The summed E-state index contributed by atoms with van der Waals surface area (Å²) < 4.78 is 29.1. The van der Waals surface area contributed by atoms with E-state index >= 15 is 0 Å². The minimum atomic E-state index is -2.69. The van der Waals surface area contributed by atoms with Gasteiger partial charge in [0, 0.05) is 0 Å². The molecule has 3 unspecified atom stereocenters. The molecule has 0 aliphatic heterocycles. The molecule has 0 spiro atoms. The van der Waals surface area contributed by atoms with Gasteiger partial charge < -0.3 is 14.4 Å². The molecule has 0 saturated carbocycles. The Balaban J connectivity index is 3.85. The molecule has 0 heterocycles. The summed E-state index contributed by atoms with van der Waals surface area (Å²) in [6, 6.07) is 0. The Bertz CT molecular complexity index is 158. The lowest BCUT2D eigenvalue weighted by molar-refractivity contribution is -0.129. The number of aliphatic hydroxyl groups excluding tert-OH is 1. The van der Waals surface area contributed by atoms with Crippen molar-refractivity contribution in [1.29, 1.82) is 0 Å². The van der Waals surface area contributed by atoms with Crippen LogP contribution in [-0.2, 0) is 20.3 Å².